The minimum atomic E-state index is -1.22. The van der Waals surface area contributed by atoms with Crippen molar-refractivity contribution in [2.45, 2.75) is 45.4 Å². The van der Waals surface area contributed by atoms with Gasteiger partial charge < -0.3 is 19.7 Å². The molecule has 2 N–H and O–H groups in total. The Balaban J connectivity index is 1.99. The van der Waals surface area contributed by atoms with Gasteiger partial charge in [-0.2, -0.15) is 0 Å². The molecule has 11 heteroatoms. The van der Waals surface area contributed by atoms with Crippen LogP contribution in [0.3, 0.4) is 0 Å². The number of hydrogen-bond acceptors (Lipinski definition) is 5. The van der Waals surface area contributed by atoms with E-state index < -0.39 is 25.8 Å². The number of ether oxygens (including phenoxy) is 1. The van der Waals surface area contributed by atoms with Gasteiger partial charge in [-0.1, -0.05) is 37.3 Å². The molecule has 0 saturated heterocycles. The summed E-state index contributed by atoms with van der Waals surface area (Å²) in [4.78, 5) is 33.3. The summed E-state index contributed by atoms with van der Waals surface area (Å²) in [5.74, 6) is 0.522. The van der Waals surface area contributed by atoms with Gasteiger partial charge in [0.1, 0.15) is 12.6 Å². The van der Waals surface area contributed by atoms with E-state index in [4.69, 9.17) is 21.4 Å². The Labute approximate surface area is 185 Å². The van der Waals surface area contributed by atoms with Gasteiger partial charge in [-0.3, -0.25) is 4.79 Å². The zero-order valence-electron chi connectivity index (χ0n) is 17.9. The van der Waals surface area contributed by atoms with Crippen LogP contribution < -0.4 is 10.9 Å². The van der Waals surface area contributed by atoms with E-state index in [1.165, 1.54) is 4.57 Å². The van der Waals surface area contributed by atoms with Crippen molar-refractivity contribution in [3.8, 4) is 5.82 Å². The van der Waals surface area contributed by atoms with Crippen molar-refractivity contribution in [2.24, 2.45) is 0 Å². The molecule has 1 atom stereocenters. The largest absolute Gasteiger partial charge is 0.465 e. The van der Waals surface area contributed by atoms with Gasteiger partial charge in [0.25, 0.3) is 5.56 Å². The molecule has 9 nitrogen and oxygen atoms in total. The summed E-state index contributed by atoms with van der Waals surface area (Å²) in [6.07, 6.45) is 2.00. The van der Waals surface area contributed by atoms with Crippen LogP contribution in [-0.2, 0) is 11.5 Å². The van der Waals surface area contributed by atoms with E-state index in [1.54, 1.807) is 42.2 Å². The van der Waals surface area contributed by atoms with Crippen LogP contribution >= 0.6 is 11.6 Å². The molecule has 0 fully saturated rings. The monoisotopic (exact) mass is 463 g/mol. The molecule has 0 spiro atoms. The van der Waals surface area contributed by atoms with E-state index in [9.17, 15) is 9.59 Å². The lowest BCUT2D eigenvalue weighted by molar-refractivity contribution is 0.0871. The number of hydrogen-bond donors (Lipinski definition) is 2. The average molecular weight is 464 g/mol. The zero-order valence-corrected chi connectivity index (χ0v) is 19.7. The summed E-state index contributed by atoms with van der Waals surface area (Å²) in [5.41, 5.74) is -0.0357. The van der Waals surface area contributed by atoms with Crippen LogP contribution in [0.2, 0.25) is 30.7 Å². The fraction of sp³-hybridized carbons (Fsp3) is 0.400. The molecule has 0 aliphatic heterocycles. The molecule has 0 aliphatic carbocycles. The number of fused-ring (bicyclic) bond motifs is 1. The van der Waals surface area contributed by atoms with Crippen LogP contribution in [-0.4, -0.2) is 45.0 Å². The van der Waals surface area contributed by atoms with E-state index in [2.05, 4.69) is 34.9 Å². The molecule has 1 unspecified atom stereocenters. The molecule has 1 amide bonds. The summed E-state index contributed by atoms with van der Waals surface area (Å²) < 4.78 is 8.75. The van der Waals surface area contributed by atoms with Crippen molar-refractivity contribution in [3.05, 3.63) is 51.9 Å². The standard InChI is InChI=1S/C20H26ClN5O4Si/c1-13(23-20(28)29)18-24-15-7-5-6-14(21)17(15)19(27)26(18)16-10-25(11-22-16)12-30-8-9-31(2,3)4/h5-7,10-11,13,23H,8-9,12H2,1-4H3,(H,28,29). The number of amides is 1. The maximum absolute atomic E-state index is 13.3. The number of rotatable bonds is 8. The molecule has 31 heavy (non-hydrogen) atoms. The molecule has 3 aromatic rings. The number of nitrogens with zero attached hydrogens (tertiary/aromatic N) is 4. The number of benzene rings is 1. The molecule has 3 rings (SSSR count). The van der Waals surface area contributed by atoms with Gasteiger partial charge in [-0.05, 0) is 25.1 Å². The summed E-state index contributed by atoms with van der Waals surface area (Å²) >= 11 is 6.26. The molecule has 2 heterocycles. The van der Waals surface area contributed by atoms with Gasteiger partial charge in [0.05, 0.1) is 34.5 Å². The Morgan fingerprint density at radius 1 is 1.35 bits per heavy atom. The van der Waals surface area contributed by atoms with Crippen LogP contribution in [0.15, 0.2) is 35.5 Å². The maximum atomic E-state index is 13.3. The third-order valence-corrected chi connectivity index (χ3v) is 6.70. The molecule has 1 aromatic carbocycles. The Hall–Kier alpha value is -2.69. The summed E-state index contributed by atoms with van der Waals surface area (Å²) in [6, 6.07) is 5.25. The van der Waals surface area contributed by atoms with Gasteiger partial charge in [0, 0.05) is 14.7 Å². The second kappa shape index (κ2) is 9.21. The molecule has 0 bridgehead atoms. The zero-order chi connectivity index (χ0) is 22.8. The topological polar surface area (TPSA) is 111 Å². The number of carboxylic acid groups (broad SMARTS) is 1. The van der Waals surface area contributed by atoms with Gasteiger partial charge in [-0.25, -0.2) is 19.3 Å². The SMILES string of the molecule is CC(NC(=O)O)c1nc2cccc(Cl)c2c(=O)n1-c1cn(COCC[Si](C)(C)C)cn1. The lowest BCUT2D eigenvalue weighted by atomic mass is 10.2. The van der Waals surface area contributed by atoms with Crippen molar-refractivity contribution < 1.29 is 14.6 Å². The second-order valence-electron chi connectivity index (χ2n) is 8.51. The fourth-order valence-electron chi connectivity index (χ4n) is 3.05. The number of nitrogens with one attached hydrogen (secondary N) is 1. The Morgan fingerprint density at radius 3 is 2.77 bits per heavy atom. The van der Waals surface area contributed by atoms with E-state index in [0.29, 0.717) is 24.7 Å². The summed E-state index contributed by atoms with van der Waals surface area (Å²) in [7, 11) is -1.19. The summed E-state index contributed by atoms with van der Waals surface area (Å²) in [5, 5.41) is 12.0. The number of halogens is 1. The Morgan fingerprint density at radius 2 is 2.10 bits per heavy atom. The highest BCUT2D eigenvalue weighted by molar-refractivity contribution is 6.76. The first-order valence-corrected chi connectivity index (χ1v) is 14.0. The lowest BCUT2D eigenvalue weighted by Crippen LogP contribution is -2.32. The first kappa shape index (κ1) is 23.0. The van der Waals surface area contributed by atoms with Gasteiger partial charge in [0.15, 0.2) is 5.82 Å². The summed E-state index contributed by atoms with van der Waals surface area (Å²) in [6.45, 7) is 9.41. The Kier molecular flexibility index (Phi) is 6.82. The predicted octanol–water partition coefficient (Wildman–Crippen LogP) is 3.88. The van der Waals surface area contributed by atoms with Crippen LogP contribution in [0.25, 0.3) is 16.7 Å². The van der Waals surface area contributed by atoms with Crippen molar-refractivity contribution in [1.29, 1.82) is 0 Å². The first-order chi connectivity index (χ1) is 14.6. The van der Waals surface area contributed by atoms with Crippen molar-refractivity contribution in [3.63, 3.8) is 0 Å². The van der Waals surface area contributed by atoms with Gasteiger partial charge in [-0.15, -0.1) is 0 Å². The highest BCUT2D eigenvalue weighted by Crippen LogP contribution is 2.22. The van der Waals surface area contributed by atoms with Gasteiger partial charge in [0.2, 0.25) is 0 Å². The molecule has 0 radical (unpaired) electrons. The number of imidazole rings is 1. The minimum Gasteiger partial charge on any atom is -0.465 e. The van der Waals surface area contributed by atoms with Crippen molar-refractivity contribution >= 4 is 36.7 Å². The van der Waals surface area contributed by atoms with Crippen LogP contribution in [0.4, 0.5) is 4.79 Å². The predicted molar refractivity (Wildman–Crippen MR) is 122 cm³/mol. The molecule has 2 aromatic heterocycles. The van der Waals surface area contributed by atoms with E-state index in [1.807, 2.05) is 0 Å². The first-order valence-electron chi connectivity index (χ1n) is 9.87. The highest BCUT2D eigenvalue weighted by Gasteiger charge is 2.21. The average Bonchev–Trinajstić information content (AvgIpc) is 3.12. The van der Waals surface area contributed by atoms with Crippen LogP contribution in [0, 0.1) is 0 Å². The van der Waals surface area contributed by atoms with Crippen molar-refractivity contribution in [1.82, 2.24) is 24.4 Å². The normalized spacial score (nSPS) is 12.8. The smallest absolute Gasteiger partial charge is 0.405 e. The van der Waals surface area contributed by atoms with E-state index in [0.717, 1.165) is 6.04 Å². The number of carbonyl (C=O) groups is 1. The molecule has 0 aliphatic rings. The molecule has 166 valence electrons. The number of aromatic nitrogens is 4. The molecular weight excluding hydrogens is 438 g/mol. The molecular formula is C20H26ClN5O4Si. The lowest BCUT2D eigenvalue weighted by Gasteiger charge is -2.17. The minimum absolute atomic E-state index is 0.215. The quantitative estimate of drug-likeness (QED) is 0.387. The Bertz CT molecular complexity index is 1150. The third kappa shape index (κ3) is 5.52. The van der Waals surface area contributed by atoms with Gasteiger partial charge >= 0.3 is 6.09 Å². The van der Waals surface area contributed by atoms with Crippen LogP contribution in [0.1, 0.15) is 18.8 Å². The third-order valence-electron chi connectivity index (χ3n) is 4.69. The highest BCUT2D eigenvalue weighted by atomic mass is 35.5. The van der Waals surface area contributed by atoms with E-state index in [-0.39, 0.29) is 16.2 Å². The fourth-order valence-corrected chi connectivity index (χ4v) is 4.06. The molecule has 0 saturated carbocycles. The van der Waals surface area contributed by atoms with Crippen molar-refractivity contribution in [2.75, 3.05) is 6.61 Å². The van der Waals surface area contributed by atoms with E-state index >= 15 is 0 Å². The van der Waals surface area contributed by atoms with Crippen LogP contribution in [0.5, 0.6) is 0 Å². The second-order valence-corrected chi connectivity index (χ2v) is 14.5. The maximum Gasteiger partial charge on any atom is 0.405 e.